The number of benzene rings is 2. The van der Waals surface area contributed by atoms with Crippen molar-refractivity contribution in [2.24, 2.45) is 5.41 Å². The molecule has 3 aliphatic rings. The lowest BCUT2D eigenvalue weighted by molar-refractivity contribution is -0.000516. The molecular weight excluding hydrogens is 744 g/mol. The topological polar surface area (TPSA) is 105 Å². The molecule has 0 saturated carbocycles. The summed E-state index contributed by atoms with van der Waals surface area (Å²) in [7, 11) is 0. The van der Waals surface area contributed by atoms with Crippen LogP contribution in [0.2, 0.25) is 5.02 Å². The molecule has 3 aliphatic heterocycles. The molecule has 3 aromatic heterocycles. The SMILES string of the molecule is Cc1cnc(N2CC3(CCOCC3)C2)c(C(=O)CCCc2ccc(C(=O)N3CCc4c(sc(C(=O)Nc5c(F)cccc5Cl)c4F)-c4ncccc43)cc2)c1. The van der Waals surface area contributed by atoms with Crippen LogP contribution in [-0.4, -0.2) is 60.4 Å². The normalized spacial score (nSPS) is 15.9. The van der Waals surface area contributed by atoms with Gasteiger partial charge in [0.1, 0.15) is 22.2 Å². The summed E-state index contributed by atoms with van der Waals surface area (Å²) in [5.41, 5.74) is 4.25. The highest BCUT2D eigenvalue weighted by Crippen LogP contribution is 2.44. The third kappa shape index (κ3) is 7.26. The molecule has 55 heavy (non-hydrogen) atoms. The van der Waals surface area contributed by atoms with E-state index in [0.29, 0.717) is 46.6 Å². The van der Waals surface area contributed by atoms with Gasteiger partial charge in [-0.15, -0.1) is 11.3 Å². The maximum absolute atomic E-state index is 15.9. The summed E-state index contributed by atoms with van der Waals surface area (Å²) in [5.74, 6) is -1.73. The Morgan fingerprint density at radius 1 is 1.02 bits per heavy atom. The van der Waals surface area contributed by atoms with E-state index >= 15 is 4.39 Å². The van der Waals surface area contributed by atoms with Crippen molar-refractivity contribution >= 4 is 57.7 Å². The first-order chi connectivity index (χ1) is 26.6. The Labute approximate surface area is 326 Å². The summed E-state index contributed by atoms with van der Waals surface area (Å²) in [5, 5.41) is 2.39. The van der Waals surface area contributed by atoms with Gasteiger partial charge in [-0.2, -0.15) is 0 Å². The standard InChI is InChI=1S/C42H38ClF2N5O4S/c1-25-21-29(39(47-22-25)49-23-42(24-49)15-19-54-20-16-42)33(51)9-2-5-26-10-12-27(13-11-26)41(53)50-18-14-28-34(45)38(55-37(28)36-32(50)8-4-17-46-36)40(52)48-35-30(43)6-3-7-31(35)44/h3-4,6-8,10-13,17,21-22H,2,5,9,14-16,18-20,23-24H2,1H3,(H,48,52). The fourth-order valence-corrected chi connectivity index (χ4v) is 9.09. The fraction of sp³-hybridized carbons (Fsp3) is 0.310. The number of aromatic nitrogens is 2. The van der Waals surface area contributed by atoms with Gasteiger partial charge in [-0.25, -0.2) is 13.8 Å². The average Bonchev–Trinajstić information content (AvgIpc) is 3.41. The van der Waals surface area contributed by atoms with Crippen LogP contribution in [0.1, 0.15) is 72.8 Å². The van der Waals surface area contributed by atoms with Crippen LogP contribution in [0.15, 0.2) is 73.1 Å². The van der Waals surface area contributed by atoms with Crippen molar-refractivity contribution in [1.82, 2.24) is 9.97 Å². The Hall–Kier alpha value is -5.04. The van der Waals surface area contributed by atoms with E-state index in [9.17, 15) is 18.8 Å². The number of para-hydroxylation sites is 1. The lowest BCUT2D eigenvalue weighted by Gasteiger charge is -2.53. The van der Waals surface area contributed by atoms with Gasteiger partial charge in [0, 0.05) is 68.2 Å². The number of anilines is 3. The highest BCUT2D eigenvalue weighted by atomic mass is 35.5. The third-order valence-corrected chi connectivity index (χ3v) is 12.3. The first kappa shape index (κ1) is 36.9. The molecule has 0 unspecified atom stereocenters. The number of ketones is 1. The molecule has 13 heteroatoms. The number of amides is 2. The first-order valence-corrected chi connectivity index (χ1v) is 19.6. The third-order valence-electron chi connectivity index (χ3n) is 10.8. The largest absolute Gasteiger partial charge is 0.381 e. The van der Waals surface area contributed by atoms with Gasteiger partial charge in [-0.05, 0) is 92.6 Å². The zero-order chi connectivity index (χ0) is 38.3. The Bertz CT molecular complexity index is 2280. The van der Waals surface area contributed by atoms with Crippen molar-refractivity contribution in [3.63, 3.8) is 0 Å². The highest BCUT2D eigenvalue weighted by molar-refractivity contribution is 7.17. The molecule has 6 heterocycles. The van der Waals surface area contributed by atoms with Crippen LogP contribution in [0.4, 0.5) is 26.0 Å². The number of carbonyl (C=O) groups excluding carboxylic acids is 3. The van der Waals surface area contributed by atoms with Gasteiger partial charge in [0.25, 0.3) is 11.8 Å². The van der Waals surface area contributed by atoms with Crippen LogP contribution in [-0.2, 0) is 17.6 Å². The molecule has 9 nitrogen and oxygen atoms in total. The lowest BCUT2D eigenvalue weighted by Crippen LogP contribution is -2.59. The second-order valence-electron chi connectivity index (χ2n) is 14.5. The minimum absolute atomic E-state index is 0.00741. The number of hydrogen-bond donors (Lipinski definition) is 1. The maximum atomic E-state index is 15.9. The molecule has 1 spiro atoms. The van der Waals surface area contributed by atoms with Crippen molar-refractivity contribution in [2.45, 2.75) is 45.4 Å². The average molecular weight is 782 g/mol. The fourth-order valence-electron chi connectivity index (χ4n) is 7.75. The van der Waals surface area contributed by atoms with Gasteiger partial charge in [0.2, 0.25) is 0 Å². The van der Waals surface area contributed by atoms with E-state index in [4.69, 9.17) is 16.3 Å². The summed E-state index contributed by atoms with van der Waals surface area (Å²) in [6.45, 7) is 5.48. The van der Waals surface area contributed by atoms with Gasteiger partial charge in [0.15, 0.2) is 11.6 Å². The Kier molecular flexibility index (Phi) is 10.2. The van der Waals surface area contributed by atoms with E-state index in [-0.39, 0.29) is 51.2 Å². The zero-order valence-electron chi connectivity index (χ0n) is 30.2. The molecule has 5 aromatic rings. The van der Waals surface area contributed by atoms with Gasteiger partial charge in [-0.3, -0.25) is 19.4 Å². The van der Waals surface area contributed by atoms with Crippen LogP contribution in [0.3, 0.4) is 0 Å². The van der Waals surface area contributed by atoms with Crippen LogP contribution in [0, 0.1) is 24.0 Å². The number of nitrogens with zero attached hydrogens (tertiary/aromatic N) is 4. The minimum Gasteiger partial charge on any atom is -0.381 e. The molecule has 0 aliphatic carbocycles. The van der Waals surface area contributed by atoms with E-state index in [1.165, 1.54) is 12.1 Å². The smallest absolute Gasteiger partial charge is 0.268 e. The van der Waals surface area contributed by atoms with Crippen molar-refractivity contribution in [1.29, 1.82) is 0 Å². The number of nitrogens with one attached hydrogen (secondary N) is 1. The summed E-state index contributed by atoms with van der Waals surface area (Å²) >= 11 is 6.98. The Morgan fingerprint density at radius 3 is 2.56 bits per heavy atom. The quantitative estimate of drug-likeness (QED) is 0.149. The molecule has 0 bridgehead atoms. The Balaban J connectivity index is 0.924. The number of ether oxygens (including phenoxy) is 1. The molecule has 2 saturated heterocycles. The molecular formula is C42H38ClF2N5O4S. The Morgan fingerprint density at radius 2 is 1.80 bits per heavy atom. The van der Waals surface area contributed by atoms with Crippen LogP contribution in [0.25, 0.3) is 10.6 Å². The summed E-state index contributed by atoms with van der Waals surface area (Å²) in [4.78, 5) is 53.8. The predicted molar refractivity (Wildman–Crippen MR) is 210 cm³/mol. The number of thiophene rings is 1. The molecule has 282 valence electrons. The zero-order valence-corrected chi connectivity index (χ0v) is 31.7. The summed E-state index contributed by atoms with van der Waals surface area (Å²) in [6.07, 6.45) is 7.28. The predicted octanol–water partition coefficient (Wildman–Crippen LogP) is 8.72. The van der Waals surface area contributed by atoms with E-state index in [1.54, 1.807) is 35.4 Å². The number of halogens is 3. The van der Waals surface area contributed by atoms with Crippen molar-refractivity contribution in [3.05, 3.63) is 122 Å². The second-order valence-corrected chi connectivity index (χ2v) is 15.9. The molecule has 8 rings (SSSR count). The second kappa shape index (κ2) is 15.2. The number of carbonyl (C=O) groups is 3. The monoisotopic (exact) mass is 781 g/mol. The van der Waals surface area contributed by atoms with E-state index in [1.807, 2.05) is 31.3 Å². The number of Topliss-reactive ketones (excluding diaryl/α,β-unsaturated/α-hetero) is 1. The number of rotatable bonds is 9. The van der Waals surface area contributed by atoms with Crippen LogP contribution >= 0.6 is 22.9 Å². The van der Waals surface area contributed by atoms with Gasteiger partial charge in [0.05, 0.1) is 26.8 Å². The molecule has 2 aromatic carbocycles. The number of aryl methyl sites for hydroxylation is 2. The summed E-state index contributed by atoms with van der Waals surface area (Å²) < 4.78 is 35.8. The van der Waals surface area contributed by atoms with Crippen LogP contribution < -0.4 is 15.1 Å². The van der Waals surface area contributed by atoms with Crippen molar-refractivity contribution in [3.8, 4) is 10.6 Å². The van der Waals surface area contributed by atoms with Crippen molar-refractivity contribution < 1.29 is 27.9 Å². The molecule has 0 radical (unpaired) electrons. The molecule has 1 N–H and O–H groups in total. The first-order valence-electron chi connectivity index (χ1n) is 18.4. The maximum Gasteiger partial charge on any atom is 0.268 e. The van der Waals surface area contributed by atoms with Gasteiger partial charge in [-0.1, -0.05) is 29.8 Å². The van der Waals surface area contributed by atoms with E-state index in [2.05, 4.69) is 20.2 Å². The van der Waals surface area contributed by atoms with E-state index < -0.39 is 17.5 Å². The number of pyridine rings is 2. The summed E-state index contributed by atoms with van der Waals surface area (Å²) in [6, 6.07) is 16.7. The highest BCUT2D eigenvalue weighted by Gasteiger charge is 2.45. The number of hydrogen-bond acceptors (Lipinski definition) is 8. The van der Waals surface area contributed by atoms with Gasteiger partial charge < -0.3 is 19.9 Å². The van der Waals surface area contributed by atoms with Gasteiger partial charge >= 0.3 is 0 Å². The lowest BCUT2D eigenvalue weighted by atomic mass is 9.73. The van der Waals surface area contributed by atoms with Crippen LogP contribution in [0.5, 0.6) is 0 Å². The molecule has 2 amide bonds. The van der Waals surface area contributed by atoms with E-state index in [0.717, 1.165) is 73.5 Å². The van der Waals surface area contributed by atoms with Crippen molar-refractivity contribution in [2.75, 3.05) is 48.0 Å². The minimum atomic E-state index is -0.829. The number of fused-ring (bicyclic) bond motifs is 3. The molecule has 2 fully saturated rings. The molecule has 0 atom stereocenters.